The first-order chi connectivity index (χ1) is 14.7. The van der Waals surface area contributed by atoms with E-state index in [4.69, 9.17) is 33.2 Å². The van der Waals surface area contributed by atoms with Crippen LogP contribution in [-0.2, 0) is 33.2 Å². The molecule has 0 aromatic carbocycles. The van der Waals surface area contributed by atoms with E-state index in [1.807, 2.05) is 6.92 Å². The Morgan fingerprint density at radius 2 is 0.647 bits per heavy atom. The zero-order valence-corrected chi connectivity index (χ0v) is 33.2. The summed E-state index contributed by atoms with van der Waals surface area (Å²) < 4.78 is 51.3. The second kappa shape index (κ2) is 12.5. The fourth-order valence-corrected chi connectivity index (χ4v) is 41.8. The summed E-state index contributed by atoms with van der Waals surface area (Å²) in [5, 5.41) is 0. The Balaban J connectivity index is 5.25. The Morgan fingerprint density at radius 3 is 0.882 bits per heavy atom. The first-order valence-corrected chi connectivity index (χ1v) is 34.7. The maximum absolute atomic E-state index is 6.63. The van der Waals surface area contributed by atoms with Crippen LogP contribution in [0.5, 0.6) is 0 Å². The molecule has 0 aromatic rings. The lowest BCUT2D eigenvalue weighted by Gasteiger charge is -2.43. The molecule has 0 aliphatic carbocycles. The number of hydrogen-bond acceptors (Lipinski definition) is 8. The van der Waals surface area contributed by atoms with E-state index in [0.29, 0.717) is 6.61 Å². The van der Waals surface area contributed by atoms with Crippen LogP contribution in [0.25, 0.3) is 0 Å². The third-order valence-electron chi connectivity index (χ3n) is 3.96. The van der Waals surface area contributed by atoms with Crippen LogP contribution in [-0.4, -0.2) is 75.6 Å². The summed E-state index contributed by atoms with van der Waals surface area (Å²) in [5.41, 5.74) is 0. The molecule has 0 aliphatic rings. The first-order valence-electron chi connectivity index (χ1n) is 12.2. The van der Waals surface area contributed by atoms with Crippen molar-refractivity contribution in [3.63, 3.8) is 0 Å². The van der Waals surface area contributed by atoms with Crippen molar-refractivity contribution < 1.29 is 33.2 Å². The Bertz CT molecular complexity index is 641. The summed E-state index contributed by atoms with van der Waals surface area (Å²) in [7, 11) is -18.2. The number of hydrogen-bond donors (Lipinski definition) is 0. The van der Waals surface area contributed by atoms with E-state index < -0.39 is 69.0 Å². The van der Waals surface area contributed by atoms with Crippen molar-refractivity contribution in [2.24, 2.45) is 0 Å². The van der Waals surface area contributed by atoms with E-state index in [0.717, 1.165) is 0 Å². The van der Waals surface area contributed by atoms with Crippen molar-refractivity contribution in [1.82, 2.24) is 0 Å². The highest BCUT2D eigenvalue weighted by molar-refractivity contribution is 6.91. The third-order valence-corrected chi connectivity index (χ3v) is 32.7. The summed E-state index contributed by atoms with van der Waals surface area (Å²) in [5.74, 6) is 0. The van der Waals surface area contributed by atoms with Gasteiger partial charge in [-0.05, 0) is 112 Å². The summed E-state index contributed by atoms with van der Waals surface area (Å²) in [4.78, 5) is 0. The molecule has 16 heteroatoms. The van der Waals surface area contributed by atoms with Crippen LogP contribution in [0.4, 0.5) is 0 Å². The van der Waals surface area contributed by atoms with Gasteiger partial charge in [0.15, 0.2) is 9.04 Å². The topological polar surface area (TPSA) is 73.8 Å². The van der Waals surface area contributed by atoms with E-state index in [2.05, 4.69) is 105 Å². The fraction of sp³-hybridized carbons (Fsp3) is 1.00. The van der Waals surface area contributed by atoms with Crippen LogP contribution in [0.2, 0.25) is 105 Å². The average molecular weight is 623 g/mol. The van der Waals surface area contributed by atoms with Crippen LogP contribution in [0, 0.1) is 0 Å². The first kappa shape index (κ1) is 35.4. The fourth-order valence-electron chi connectivity index (χ4n) is 4.62. The average Bonchev–Trinajstić information content (AvgIpc) is 2.35. The minimum Gasteiger partial charge on any atom is -0.440 e. The second-order valence-electron chi connectivity index (χ2n) is 12.0. The van der Waals surface area contributed by atoms with Crippen molar-refractivity contribution in [3.8, 4) is 0 Å². The normalized spacial score (nSPS) is 15.4. The van der Waals surface area contributed by atoms with Crippen molar-refractivity contribution in [3.05, 3.63) is 0 Å². The molecule has 34 heavy (non-hydrogen) atoms. The summed E-state index contributed by atoms with van der Waals surface area (Å²) in [6.07, 6.45) is 0. The van der Waals surface area contributed by atoms with Crippen LogP contribution in [0.1, 0.15) is 6.92 Å². The monoisotopic (exact) mass is 622 g/mol. The highest BCUT2D eigenvalue weighted by Gasteiger charge is 2.48. The SMILES string of the molecule is CCO[Si](C)(C)O[Si](C)(C)O[Si](C)(C)O[Si](C)(C)O[Si](C)(C)O[Si](C)(C)O[Si](C)(C)O[SiH](C)C. The minimum atomic E-state index is -2.56. The molecule has 0 spiro atoms. The minimum absolute atomic E-state index is 0.642. The third kappa shape index (κ3) is 16.3. The van der Waals surface area contributed by atoms with Crippen molar-refractivity contribution in [2.45, 2.75) is 112 Å². The molecule has 206 valence electrons. The lowest BCUT2D eigenvalue weighted by molar-refractivity contribution is 0.230. The molecule has 0 N–H and O–H groups in total. The smallest absolute Gasteiger partial charge is 0.322 e. The molecule has 0 fully saturated rings. The highest BCUT2D eigenvalue weighted by atomic mass is 28.5. The van der Waals surface area contributed by atoms with Crippen molar-refractivity contribution in [2.75, 3.05) is 6.61 Å². The van der Waals surface area contributed by atoms with Crippen LogP contribution >= 0.6 is 0 Å². The van der Waals surface area contributed by atoms with Crippen molar-refractivity contribution in [1.29, 1.82) is 0 Å². The van der Waals surface area contributed by atoms with Gasteiger partial charge >= 0.3 is 59.9 Å². The maximum atomic E-state index is 6.63. The molecule has 8 nitrogen and oxygen atoms in total. The van der Waals surface area contributed by atoms with Gasteiger partial charge < -0.3 is 33.2 Å². The van der Waals surface area contributed by atoms with Crippen LogP contribution in [0.3, 0.4) is 0 Å². The second-order valence-corrected chi connectivity index (χ2v) is 39.8. The van der Waals surface area contributed by atoms with Gasteiger partial charge in [0.25, 0.3) is 0 Å². The van der Waals surface area contributed by atoms with Crippen molar-refractivity contribution >= 4 is 69.0 Å². The van der Waals surface area contributed by atoms with Gasteiger partial charge in [0.05, 0.1) is 0 Å². The lowest BCUT2D eigenvalue weighted by atomic mass is 10.9. The molecule has 0 radical (unpaired) electrons. The van der Waals surface area contributed by atoms with Gasteiger partial charge in [-0.1, -0.05) is 0 Å². The van der Waals surface area contributed by atoms with Gasteiger partial charge in [0.1, 0.15) is 0 Å². The molecule has 0 saturated carbocycles. The number of rotatable bonds is 16. The summed E-state index contributed by atoms with van der Waals surface area (Å²) in [6.45, 7) is 36.0. The molecule has 0 aliphatic heterocycles. The Labute approximate surface area is 219 Å². The Hall–Kier alpha value is 1.42. The van der Waals surface area contributed by atoms with Crippen LogP contribution < -0.4 is 0 Å². The van der Waals surface area contributed by atoms with E-state index in [9.17, 15) is 0 Å². The molecule has 0 atom stereocenters. The Morgan fingerprint density at radius 1 is 0.412 bits per heavy atom. The van der Waals surface area contributed by atoms with Gasteiger partial charge in [0, 0.05) is 6.61 Å². The van der Waals surface area contributed by atoms with Gasteiger partial charge in [-0.2, -0.15) is 0 Å². The maximum Gasteiger partial charge on any atom is 0.322 e. The van der Waals surface area contributed by atoms with E-state index in [1.165, 1.54) is 0 Å². The van der Waals surface area contributed by atoms with Crippen LogP contribution in [0.15, 0.2) is 0 Å². The molecule has 0 bridgehead atoms. The molecule has 0 heterocycles. The zero-order valence-electron chi connectivity index (χ0n) is 25.1. The summed E-state index contributed by atoms with van der Waals surface area (Å²) >= 11 is 0. The molecule has 0 rings (SSSR count). The van der Waals surface area contributed by atoms with E-state index >= 15 is 0 Å². The summed E-state index contributed by atoms with van der Waals surface area (Å²) in [6, 6.07) is 0. The molecule has 0 amide bonds. The van der Waals surface area contributed by atoms with Gasteiger partial charge in [0.2, 0.25) is 0 Å². The zero-order chi connectivity index (χ0) is 27.4. The standard InChI is InChI=1S/C18H54O8Si8/c1-18-19-28(4,5)21-30(8,9)23-32(12,13)25-34(16,17)26-33(14,15)24-31(10,11)22-29(6,7)20-27(2)3/h27H,18H2,1-17H3. The molecule has 0 aromatic heterocycles. The predicted molar refractivity (Wildman–Crippen MR) is 160 cm³/mol. The van der Waals surface area contributed by atoms with Gasteiger partial charge in [-0.25, -0.2) is 0 Å². The van der Waals surface area contributed by atoms with E-state index in [-0.39, 0.29) is 0 Å². The quantitative estimate of drug-likeness (QED) is 0.193. The van der Waals surface area contributed by atoms with Gasteiger partial charge in [-0.15, -0.1) is 0 Å². The molecular weight excluding hydrogens is 569 g/mol. The lowest BCUT2D eigenvalue weighted by Crippen LogP contribution is -2.61. The largest absolute Gasteiger partial charge is 0.440 e. The predicted octanol–water partition coefficient (Wildman–Crippen LogP) is 6.04. The highest BCUT2D eigenvalue weighted by Crippen LogP contribution is 2.28. The molecule has 0 saturated heterocycles. The molecule has 0 unspecified atom stereocenters. The van der Waals surface area contributed by atoms with E-state index in [1.54, 1.807) is 0 Å². The molecular formula is C18H54O8Si8. The van der Waals surface area contributed by atoms with Gasteiger partial charge in [-0.3, -0.25) is 0 Å². The Kier molecular flexibility index (Phi) is 13.0.